The normalized spacial score (nSPS) is 11.6. The van der Waals surface area contributed by atoms with Crippen LogP contribution in [0.1, 0.15) is 29.2 Å². The van der Waals surface area contributed by atoms with Gasteiger partial charge in [-0.05, 0) is 24.1 Å². The third-order valence-electron chi connectivity index (χ3n) is 3.90. The molecule has 0 fully saturated rings. The van der Waals surface area contributed by atoms with Gasteiger partial charge in [-0.2, -0.15) is 8.78 Å². The van der Waals surface area contributed by atoms with Crippen molar-refractivity contribution in [2.45, 2.75) is 13.5 Å². The molecular weight excluding hydrogens is 380 g/mol. The highest BCUT2D eigenvalue weighted by molar-refractivity contribution is 6.45. The minimum atomic E-state index is -1.77. The summed E-state index contributed by atoms with van der Waals surface area (Å²) in [6, 6.07) is 13.6. The predicted octanol–water partition coefficient (Wildman–Crippen LogP) is 3.96. The zero-order valence-electron chi connectivity index (χ0n) is 16.3. The van der Waals surface area contributed by atoms with Gasteiger partial charge in [-0.3, -0.25) is 4.79 Å². The number of rotatable bonds is 8. The largest absolute Gasteiger partial charge is 0.398 e. The molecule has 2 aromatic rings. The first-order valence-corrected chi connectivity index (χ1v) is 8.67. The Balaban J connectivity index is 2.19. The Morgan fingerprint density at radius 3 is 2.59 bits per heavy atom. The molecule has 0 aliphatic rings. The van der Waals surface area contributed by atoms with Crippen LogP contribution in [-0.4, -0.2) is 31.5 Å². The molecule has 0 spiro atoms. The average Bonchev–Trinajstić information content (AvgIpc) is 2.71. The number of halogens is 2. The van der Waals surface area contributed by atoms with Crippen LogP contribution in [0.5, 0.6) is 0 Å². The van der Waals surface area contributed by atoms with Gasteiger partial charge in [-0.15, -0.1) is 0 Å². The van der Waals surface area contributed by atoms with Gasteiger partial charge >= 0.3 is 0 Å². The lowest BCUT2D eigenvalue weighted by Gasteiger charge is -2.10. The van der Waals surface area contributed by atoms with Gasteiger partial charge in [-0.1, -0.05) is 52.8 Å². The molecule has 0 radical (unpaired) electrons. The molecule has 0 heterocycles. The van der Waals surface area contributed by atoms with E-state index >= 15 is 0 Å². The van der Waals surface area contributed by atoms with Gasteiger partial charge in [0.05, 0.1) is 5.71 Å². The highest BCUT2D eigenvalue weighted by Gasteiger charge is 2.17. The number of carbonyl (C=O) groups excluding carboxylic acids is 1. The maximum Gasteiger partial charge on any atom is 0.273 e. The van der Waals surface area contributed by atoms with Crippen LogP contribution in [0.15, 0.2) is 64.9 Å². The van der Waals surface area contributed by atoms with Crippen LogP contribution >= 0.6 is 0 Å². The molecule has 0 aromatic heterocycles. The second-order valence-corrected chi connectivity index (χ2v) is 5.87. The quantitative estimate of drug-likeness (QED) is 0.538. The molecular formula is C21H21F2N3O3. The molecule has 0 unspecified atom stereocenters. The number of benzene rings is 2. The Bertz CT molecular complexity index is 952. The SMILES string of the molecule is CNC(=O)/C(=N/OC)c1ccccc1CON=C(C)c1cccc(C=C(F)F)c1. The zero-order chi connectivity index (χ0) is 21.2. The summed E-state index contributed by atoms with van der Waals surface area (Å²) in [4.78, 5) is 22.3. The van der Waals surface area contributed by atoms with Gasteiger partial charge in [0.15, 0.2) is 5.71 Å². The van der Waals surface area contributed by atoms with Crippen molar-refractivity contribution in [3.63, 3.8) is 0 Å². The maximum absolute atomic E-state index is 12.4. The Morgan fingerprint density at radius 1 is 1.14 bits per heavy atom. The van der Waals surface area contributed by atoms with E-state index in [4.69, 9.17) is 9.68 Å². The lowest BCUT2D eigenvalue weighted by molar-refractivity contribution is -0.114. The number of hydrogen-bond donors (Lipinski definition) is 1. The predicted molar refractivity (Wildman–Crippen MR) is 108 cm³/mol. The minimum Gasteiger partial charge on any atom is -0.398 e. The van der Waals surface area contributed by atoms with Crippen molar-refractivity contribution in [2.24, 2.45) is 10.3 Å². The molecule has 6 nitrogen and oxygen atoms in total. The standard InChI is InChI=1S/C21H21F2N3O3/c1-14(16-9-6-7-15(11-16)12-19(22)23)25-29-13-17-8-4-5-10-18(17)20(26-28-3)21(27)24-2/h4-12H,13H2,1-3H3,(H,24,27)/b25-14?,26-20+. The van der Waals surface area contributed by atoms with E-state index in [1.807, 2.05) is 0 Å². The van der Waals surface area contributed by atoms with E-state index in [1.165, 1.54) is 14.2 Å². The molecule has 0 saturated carbocycles. The van der Waals surface area contributed by atoms with E-state index in [2.05, 4.69) is 15.6 Å². The van der Waals surface area contributed by atoms with Gasteiger partial charge in [0.1, 0.15) is 13.7 Å². The van der Waals surface area contributed by atoms with Gasteiger partial charge in [0.2, 0.25) is 0 Å². The smallest absolute Gasteiger partial charge is 0.273 e. The third-order valence-corrected chi connectivity index (χ3v) is 3.90. The van der Waals surface area contributed by atoms with Crippen molar-refractivity contribution in [1.29, 1.82) is 0 Å². The zero-order valence-corrected chi connectivity index (χ0v) is 16.3. The Kier molecular flexibility index (Phi) is 8.02. The molecule has 29 heavy (non-hydrogen) atoms. The summed E-state index contributed by atoms with van der Waals surface area (Å²) in [6.07, 6.45) is -0.988. The van der Waals surface area contributed by atoms with Crippen molar-refractivity contribution in [3.8, 4) is 0 Å². The van der Waals surface area contributed by atoms with E-state index in [-0.39, 0.29) is 12.3 Å². The summed E-state index contributed by atoms with van der Waals surface area (Å²) in [7, 11) is 2.85. The fraction of sp³-hybridized carbons (Fsp3) is 0.190. The van der Waals surface area contributed by atoms with E-state index in [1.54, 1.807) is 55.5 Å². The van der Waals surface area contributed by atoms with E-state index < -0.39 is 12.0 Å². The molecule has 2 aromatic carbocycles. The third kappa shape index (κ3) is 6.24. The van der Waals surface area contributed by atoms with Crippen LogP contribution in [0, 0.1) is 0 Å². The number of carbonyl (C=O) groups is 1. The fourth-order valence-corrected chi connectivity index (χ4v) is 2.53. The van der Waals surface area contributed by atoms with E-state index in [0.29, 0.717) is 28.0 Å². The number of nitrogens with zero attached hydrogens (tertiary/aromatic N) is 2. The number of oxime groups is 2. The van der Waals surface area contributed by atoms with Crippen LogP contribution in [0.4, 0.5) is 8.78 Å². The molecule has 0 bridgehead atoms. The molecule has 0 saturated heterocycles. The summed E-state index contributed by atoms with van der Waals surface area (Å²) in [5, 5.41) is 10.4. The van der Waals surface area contributed by atoms with E-state index in [9.17, 15) is 13.6 Å². The summed E-state index contributed by atoms with van der Waals surface area (Å²) < 4.78 is 24.9. The first-order valence-electron chi connectivity index (χ1n) is 8.67. The fourth-order valence-electron chi connectivity index (χ4n) is 2.53. The highest BCUT2D eigenvalue weighted by Crippen LogP contribution is 2.15. The highest BCUT2D eigenvalue weighted by atomic mass is 19.3. The van der Waals surface area contributed by atoms with Gasteiger partial charge in [0.25, 0.3) is 12.0 Å². The van der Waals surface area contributed by atoms with Crippen LogP contribution in [0.3, 0.4) is 0 Å². The van der Waals surface area contributed by atoms with Crippen LogP contribution < -0.4 is 5.32 Å². The first-order chi connectivity index (χ1) is 14.0. The maximum atomic E-state index is 12.4. The first kappa shape index (κ1) is 21.7. The summed E-state index contributed by atoms with van der Waals surface area (Å²) >= 11 is 0. The molecule has 1 N–H and O–H groups in total. The van der Waals surface area contributed by atoms with E-state index in [0.717, 1.165) is 6.08 Å². The lowest BCUT2D eigenvalue weighted by atomic mass is 10.0. The van der Waals surface area contributed by atoms with Gasteiger partial charge in [0, 0.05) is 24.3 Å². The number of nitrogens with one attached hydrogen (secondary N) is 1. The molecule has 8 heteroatoms. The molecule has 0 aliphatic carbocycles. The van der Waals surface area contributed by atoms with Crippen molar-refractivity contribution in [3.05, 3.63) is 76.9 Å². The Hall–Kier alpha value is -3.55. The molecule has 2 rings (SSSR count). The molecule has 1 amide bonds. The average molecular weight is 401 g/mol. The van der Waals surface area contributed by atoms with Crippen molar-refractivity contribution >= 4 is 23.4 Å². The van der Waals surface area contributed by atoms with Crippen molar-refractivity contribution < 1.29 is 23.3 Å². The Labute approximate surface area is 167 Å². The summed E-state index contributed by atoms with van der Waals surface area (Å²) in [5.41, 5.74) is 2.89. The van der Waals surface area contributed by atoms with Crippen molar-refractivity contribution in [1.82, 2.24) is 5.32 Å². The lowest BCUT2D eigenvalue weighted by Crippen LogP contribution is -2.29. The van der Waals surface area contributed by atoms with Crippen molar-refractivity contribution in [2.75, 3.05) is 14.2 Å². The molecule has 152 valence electrons. The van der Waals surface area contributed by atoms with Gasteiger partial charge < -0.3 is 15.0 Å². The molecule has 0 aliphatic heterocycles. The van der Waals surface area contributed by atoms with Crippen LogP contribution in [0.2, 0.25) is 0 Å². The second kappa shape index (κ2) is 10.7. The summed E-state index contributed by atoms with van der Waals surface area (Å²) in [5.74, 6) is -0.399. The van der Waals surface area contributed by atoms with Gasteiger partial charge in [-0.25, -0.2) is 0 Å². The Morgan fingerprint density at radius 2 is 1.90 bits per heavy atom. The number of hydrogen-bond acceptors (Lipinski definition) is 5. The second-order valence-electron chi connectivity index (χ2n) is 5.87. The van der Waals surface area contributed by atoms with Crippen LogP contribution in [0.25, 0.3) is 6.08 Å². The molecule has 0 atom stereocenters. The minimum absolute atomic E-state index is 0.0753. The van der Waals surface area contributed by atoms with Crippen LogP contribution in [-0.2, 0) is 21.1 Å². The number of amides is 1. The monoisotopic (exact) mass is 401 g/mol. The topological polar surface area (TPSA) is 72.3 Å². The number of likely N-dealkylation sites (N-methyl/N-ethyl adjacent to an activating group) is 1. The summed E-state index contributed by atoms with van der Waals surface area (Å²) in [6.45, 7) is 1.79.